The molecule has 0 radical (unpaired) electrons. The summed E-state index contributed by atoms with van der Waals surface area (Å²) in [6.07, 6.45) is -1.40. The highest BCUT2D eigenvalue weighted by molar-refractivity contribution is 7.13. The standard InChI is InChI=1S/C5H5N5O2S/c6-10-7-1-3-2-13-4(8-3)9-5(11)12/h2,6H,1H2,(H-,8,9,11,12). The average Bonchev–Trinajstić information content (AvgIpc) is 2.48. The lowest BCUT2D eigenvalue weighted by Gasteiger charge is -1.99. The quantitative estimate of drug-likeness (QED) is 0.525. The molecule has 1 heterocycles. The molecule has 0 saturated carbocycles. The smallest absolute Gasteiger partial charge is 0.214 e. The van der Waals surface area contributed by atoms with Crippen molar-refractivity contribution in [3.63, 3.8) is 0 Å². The van der Waals surface area contributed by atoms with Crippen molar-refractivity contribution in [1.29, 1.82) is 5.53 Å². The average molecular weight is 199 g/mol. The minimum Gasteiger partial charge on any atom is -0.530 e. The van der Waals surface area contributed by atoms with Crippen LogP contribution in [0.4, 0.5) is 9.93 Å². The van der Waals surface area contributed by atoms with Gasteiger partial charge in [0.25, 0.3) is 0 Å². The van der Waals surface area contributed by atoms with E-state index in [0.29, 0.717) is 5.69 Å². The lowest BCUT2D eigenvalue weighted by molar-refractivity contribution is -0.242. The Kier molecular flexibility index (Phi) is 3.07. The van der Waals surface area contributed by atoms with Gasteiger partial charge in [-0.05, 0) is 0 Å². The van der Waals surface area contributed by atoms with Crippen LogP contribution >= 0.6 is 11.3 Å². The number of aromatic nitrogens is 1. The second-order valence-electron chi connectivity index (χ2n) is 1.96. The maximum atomic E-state index is 10.1. The highest BCUT2D eigenvalue weighted by Gasteiger charge is 2.02. The summed E-state index contributed by atoms with van der Waals surface area (Å²) in [7, 11) is 0. The van der Waals surface area contributed by atoms with E-state index in [4.69, 9.17) is 5.53 Å². The number of nitrogens with zero attached hydrogens (tertiary/aromatic N) is 3. The van der Waals surface area contributed by atoms with Crippen LogP contribution in [-0.2, 0) is 6.54 Å². The van der Waals surface area contributed by atoms with Gasteiger partial charge in [0.2, 0.25) is 4.91 Å². The fraction of sp³-hybridized carbons (Fsp3) is 0.200. The number of hydrogen-bond donors (Lipinski definition) is 2. The molecular formula is C5H5N5O2S. The molecule has 13 heavy (non-hydrogen) atoms. The molecule has 0 aliphatic carbocycles. The number of nitrogens with one attached hydrogen (secondary N) is 2. The third-order valence-corrected chi connectivity index (χ3v) is 1.87. The number of carbonyl (C=O) groups is 1. The molecule has 1 aromatic heterocycles. The molecule has 1 rings (SSSR count). The molecule has 0 unspecified atom stereocenters. The van der Waals surface area contributed by atoms with Crippen LogP contribution < -0.4 is 15.3 Å². The zero-order valence-corrected chi connectivity index (χ0v) is 7.17. The fourth-order valence-corrected chi connectivity index (χ4v) is 1.32. The molecule has 68 valence electrons. The van der Waals surface area contributed by atoms with Gasteiger partial charge in [0.15, 0.2) is 11.7 Å². The Bertz CT molecular complexity index is 337. The van der Waals surface area contributed by atoms with E-state index in [1.165, 1.54) is 0 Å². The van der Waals surface area contributed by atoms with Crippen molar-refractivity contribution in [1.82, 2.24) is 9.90 Å². The summed E-state index contributed by atoms with van der Waals surface area (Å²) < 4.78 is 0. The maximum absolute atomic E-state index is 10.1. The number of carbonyl (C=O) groups excluding carboxylic acids is 1. The topological polar surface area (TPSA) is 115 Å². The van der Waals surface area contributed by atoms with Gasteiger partial charge >= 0.3 is 0 Å². The summed E-state index contributed by atoms with van der Waals surface area (Å²) in [6, 6.07) is 0. The Morgan fingerprint density at radius 3 is 3.31 bits per heavy atom. The summed E-state index contributed by atoms with van der Waals surface area (Å²) in [5.41, 5.74) is 6.95. The number of thiazole rings is 1. The molecule has 1 amide bonds. The zero-order chi connectivity index (χ0) is 9.68. The van der Waals surface area contributed by atoms with Crippen molar-refractivity contribution in [3.8, 4) is 0 Å². The van der Waals surface area contributed by atoms with Crippen molar-refractivity contribution >= 4 is 22.6 Å². The van der Waals surface area contributed by atoms with Crippen LogP contribution in [0.1, 0.15) is 5.69 Å². The molecule has 0 spiro atoms. The lowest BCUT2D eigenvalue weighted by atomic mass is 10.5. The predicted octanol–water partition coefficient (Wildman–Crippen LogP) is -0.0513. The van der Waals surface area contributed by atoms with E-state index in [9.17, 15) is 9.90 Å². The van der Waals surface area contributed by atoms with Gasteiger partial charge in [-0.2, -0.15) is 0 Å². The fourth-order valence-electron chi connectivity index (χ4n) is 0.632. The Hall–Kier alpha value is -1.79. The summed E-state index contributed by atoms with van der Waals surface area (Å²) >= 11 is 1.12. The first-order valence-corrected chi connectivity index (χ1v) is 4.06. The maximum Gasteiger partial charge on any atom is 0.214 e. The summed E-state index contributed by atoms with van der Waals surface area (Å²) in [5.74, 6) is 0. The van der Waals surface area contributed by atoms with E-state index < -0.39 is 6.09 Å². The summed E-state index contributed by atoms with van der Waals surface area (Å²) in [5, 5.41) is 17.3. The van der Waals surface area contributed by atoms with Gasteiger partial charge in [-0.15, -0.1) is 11.3 Å². The van der Waals surface area contributed by atoms with Gasteiger partial charge in [0.1, 0.15) is 16.7 Å². The first kappa shape index (κ1) is 9.30. The van der Waals surface area contributed by atoms with Crippen LogP contribution in [0.5, 0.6) is 0 Å². The van der Waals surface area contributed by atoms with Gasteiger partial charge in [-0.25, -0.2) is 4.98 Å². The van der Waals surface area contributed by atoms with Crippen molar-refractivity contribution in [2.75, 3.05) is 5.32 Å². The Labute approximate surface area is 76.7 Å². The molecule has 0 aromatic carbocycles. The van der Waals surface area contributed by atoms with E-state index >= 15 is 0 Å². The predicted molar refractivity (Wildman–Crippen MR) is 42.1 cm³/mol. The van der Waals surface area contributed by atoms with Crippen LogP contribution in [0, 0.1) is 5.53 Å². The number of carboxylic acid groups (broad SMARTS) is 1. The largest absolute Gasteiger partial charge is 0.530 e. The van der Waals surface area contributed by atoms with Crippen LogP contribution in [0.15, 0.2) is 10.5 Å². The van der Waals surface area contributed by atoms with E-state index in [0.717, 1.165) is 11.3 Å². The monoisotopic (exact) mass is 199 g/mol. The summed E-state index contributed by atoms with van der Waals surface area (Å²) in [4.78, 5) is 16.7. The molecule has 8 heteroatoms. The Balaban J connectivity index is 2.63. The molecule has 0 saturated heterocycles. The van der Waals surface area contributed by atoms with Crippen LogP contribution in [0.3, 0.4) is 0 Å². The Morgan fingerprint density at radius 2 is 2.69 bits per heavy atom. The van der Waals surface area contributed by atoms with Gasteiger partial charge < -0.3 is 15.2 Å². The van der Waals surface area contributed by atoms with E-state index in [1.807, 2.05) is 5.32 Å². The van der Waals surface area contributed by atoms with Crippen LogP contribution in [0.2, 0.25) is 0 Å². The molecule has 0 fully saturated rings. The lowest BCUT2D eigenvalue weighted by Crippen LogP contribution is -2.28. The molecule has 0 aliphatic rings. The SMILES string of the molecule is N=[N+]=NCc1csc(NC(=O)[O-])n1. The van der Waals surface area contributed by atoms with Crippen molar-refractivity contribution in [2.45, 2.75) is 6.54 Å². The molecule has 0 bridgehead atoms. The van der Waals surface area contributed by atoms with E-state index in [-0.39, 0.29) is 11.7 Å². The third-order valence-electron chi connectivity index (χ3n) is 1.06. The Morgan fingerprint density at radius 1 is 1.92 bits per heavy atom. The van der Waals surface area contributed by atoms with Crippen molar-refractivity contribution in [2.24, 2.45) is 5.11 Å². The zero-order valence-electron chi connectivity index (χ0n) is 6.35. The second kappa shape index (κ2) is 4.29. The minimum absolute atomic E-state index is 0.175. The highest BCUT2D eigenvalue weighted by atomic mass is 32.1. The second-order valence-corrected chi connectivity index (χ2v) is 2.81. The molecule has 7 nitrogen and oxygen atoms in total. The van der Waals surface area contributed by atoms with E-state index in [1.54, 1.807) is 5.38 Å². The molecule has 0 aliphatic heterocycles. The first-order chi connectivity index (χ1) is 6.22. The van der Waals surface area contributed by atoms with Gasteiger partial charge in [0, 0.05) is 5.38 Å². The number of amides is 1. The highest BCUT2D eigenvalue weighted by Crippen LogP contribution is 2.15. The van der Waals surface area contributed by atoms with Gasteiger partial charge in [0.05, 0.1) is 5.69 Å². The normalized spacial score (nSPS) is 8.92. The number of hydrogen-bond acceptors (Lipinski definition) is 6. The van der Waals surface area contributed by atoms with Gasteiger partial charge in [-0.1, -0.05) is 0 Å². The number of anilines is 1. The van der Waals surface area contributed by atoms with Gasteiger partial charge in [-0.3, -0.25) is 0 Å². The van der Waals surface area contributed by atoms with Crippen LogP contribution in [0.25, 0.3) is 0 Å². The molecule has 0 atom stereocenters. The summed E-state index contributed by atoms with van der Waals surface area (Å²) in [6.45, 7) is 0.175. The molecular weight excluding hydrogens is 194 g/mol. The van der Waals surface area contributed by atoms with Crippen molar-refractivity contribution in [3.05, 3.63) is 11.1 Å². The minimum atomic E-state index is -1.40. The van der Waals surface area contributed by atoms with Crippen LogP contribution in [-0.4, -0.2) is 11.1 Å². The molecule has 2 N–H and O–H groups in total. The number of rotatable bonds is 3. The first-order valence-electron chi connectivity index (χ1n) is 3.18. The van der Waals surface area contributed by atoms with E-state index in [2.05, 4.69) is 15.0 Å². The van der Waals surface area contributed by atoms with Crippen molar-refractivity contribution < 1.29 is 9.90 Å². The molecule has 1 aromatic rings. The third kappa shape index (κ3) is 2.97.